The molecule has 136 valence electrons. The van der Waals surface area contributed by atoms with Crippen molar-refractivity contribution < 1.29 is 4.39 Å². The maximum atomic E-state index is 13.3. The van der Waals surface area contributed by atoms with Crippen LogP contribution >= 0.6 is 11.6 Å². The predicted molar refractivity (Wildman–Crippen MR) is 109 cm³/mol. The molecule has 2 aromatic carbocycles. The summed E-state index contributed by atoms with van der Waals surface area (Å²) in [6, 6.07) is 18.0. The summed E-state index contributed by atoms with van der Waals surface area (Å²) >= 11 is 6.39. The number of aromatic amines is 1. The van der Waals surface area contributed by atoms with Crippen LogP contribution in [0.2, 0.25) is 5.02 Å². The predicted octanol–water partition coefficient (Wildman–Crippen LogP) is 5.85. The first kappa shape index (κ1) is 16.7. The summed E-state index contributed by atoms with van der Waals surface area (Å²) in [5.41, 5.74) is 6.24. The number of nitrogens with one attached hydrogen (secondary N) is 1. The van der Waals surface area contributed by atoms with Crippen LogP contribution in [-0.4, -0.2) is 19.6 Å². The van der Waals surface area contributed by atoms with Crippen LogP contribution in [0.5, 0.6) is 0 Å². The smallest absolute Gasteiger partial charge is 0.137 e. The number of benzene rings is 2. The molecule has 0 aliphatic carbocycles. The van der Waals surface area contributed by atoms with E-state index in [1.54, 1.807) is 18.3 Å². The second-order valence-electron chi connectivity index (χ2n) is 6.43. The Kier molecular flexibility index (Phi) is 3.95. The summed E-state index contributed by atoms with van der Waals surface area (Å²) < 4.78 is 15.3. The quantitative estimate of drug-likeness (QED) is 0.421. The molecular weight excluding hydrogens is 375 g/mol. The fourth-order valence-electron chi connectivity index (χ4n) is 3.35. The van der Waals surface area contributed by atoms with Gasteiger partial charge in [-0.15, -0.1) is 0 Å². The molecule has 5 aromatic rings. The third-order valence-electron chi connectivity index (χ3n) is 4.74. The van der Waals surface area contributed by atoms with E-state index in [4.69, 9.17) is 11.6 Å². The first-order chi connectivity index (χ1) is 13.7. The van der Waals surface area contributed by atoms with Crippen LogP contribution in [0.3, 0.4) is 0 Å². The fourth-order valence-corrected chi connectivity index (χ4v) is 3.58. The van der Waals surface area contributed by atoms with Gasteiger partial charge in [-0.05, 0) is 42.5 Å². The topological polar surface area (TPSA) is 46.0 Å². The van der Waals surface area contributed by atoms with Gasteiger partial charge in [-0.3, -0.25) is 9.50 Å². The van der Waals surface area contributed by atoms with E-state index >= 15 is 0 Å². The minimum absolute atomic E-state index is 0.269. The summed E-state index contributed by atoms with van der Waals surface area (Å²) in [4.78, 5) is 4.49. The zero-order valence-corrected chi connectivity index (χ0v) is 15.4. The second-order valence-corrected chi connectivity index (χ2v) is 6.84. The molecule has 0 bridgehead atoms. The monoisotopic (exact) mass is 388 g/mol. The van der Waals surface area contributed by atoms with Gasteiger partial charge in [-0.25, -0.2) is 9.37 Å². The third kappa shape index (κ3) is 2.77. The van der Waals surface area contributed by atoms with Crippen LogP contribution in [0.4, 0.5) is 4.39 Å². The molecule has 0 saturated carbocycles. The van der Waals surface area contributed by atoms with Gasteiger partial charge >= 0.3 is 0 Å². The largest absolute Gasteiger partial charge is 0.299 e. The van der Waals surface area contributed by atoms with Crippen LogP contribution in [0.15, 0.2) is 79.3 Å². The van der Waals surface area contributed by atoms with E-state index in [0.717, 1.165) is 39.3 Å². The highest BCUT2D eigenvalue weighted by atomic mass is 35.5. The molecule has 0 aliphatic rings. The summed E-state index contributed by atoms with van der Waals surface area (Å²) in [6.45, 7) is 0. The van der Waals surface area contributed by atoms with E-state index in [0.29, 0.717) is 5.02 Å². The molecule has 0 amide bonds. The van der Waals surface area contributed by atoms with Crippen molar-refractivity contribution in [1.29, 1.82) is 0 Å². The molecule has 0 radical (unpaired) electrons. The van der Waals surface area contributed by atoms with Crippen molar-refractivity contribution in [2.24, 2.45) is 0 Å². The van der Waals surface area contributed by atoms with Gasteiger partial charge in [0.25, 0.3) is 0 Å². The lowest BCUT2D eigenvalue weighted by molar-refractivity contribution is 0.628. The first-order valence-corrected chi connectivity index (χ1v) is 9.10. The molecule has 5 rings (SSSR count). The number of imidazole rings is 1. The van der Waals surface area contributed by atoms with Gasteiger partial charge < -0.3 is 0 Å². The van der Waals surface area contributed by atoms with E-state index in [2.05, 4.69) is 15.2 Å². The lowest BCUT2D eigenvalue weighted by Gasteiger charge is -2.08. The molecule has 0 spiro atoms. The molecule has 0 saturated heterocycles. The number of H-pyrrole nitrogens is 1. The lowest BCUT2D eigenvalue weighted by Crippen LogP contribution is -1.91. The zero-order valence-electron chi connectivity index (χ0n) is 14.6. The molecule has 4 nitrogen and oxygen atoms in total. The van der Waals surface area contributed by atoms with Gasteiger partial charge in [-0.1, -0.05) is 29.8 Å². The Morgan fingerprint density at radius 3 is 2.46 bits per heavy atom. The van der Waals surface area contributed by atoms with Crippen LogP contribution in [-0.2, 0) is 0 Å². The molecule has 0 aliphatic heterocycles. The number of rotatable bonds is 3. The second kappa shape index (κ2) is 6.62. The molecule has 28 heavy (non-hydrogen) atoms. The summed E-state index contributed by atoms with van der Waals surface area (Å²) in [6.07, 6.45) is 5.60. The van der Waals surface area contributed by atoms with E-state index in [-0.39, 0.29) is 5.82 Å². The molecule has 0 unspecified atom stereocenters. The first-order valence-electron chi connectivity index (χ1n) is 8.72. The van der Waals surface area contributed by atoms with Crippen molar-refractivity contribution in [3.63, 3.8) is 0 Å². The average Bonchev–Trinajstić information content (AvgIpc) is 3.36. The molecule has 3 heterocycles. The van der Waals surface area contributed by atoms with Crippen molar-refractivity contribution >= 4 is 17.2 Å². The Morgan fingerprint density at radius 2 is 1.64 bits per heavy atom. The number of nitrogens with zero attached hydrogens (tertiary/aromatic N) is 3. The van der Waals surface area contributed by atoms with Crippen LogP contribution in [0.25, 0.3) is 39.3 Å². The van der Waals surface area contributed by atoms with Gasteiger partial charge in [0.05, 0.1) is 23.8 Å². The highest BCUT2D eigenvalue weighted by Gasteiger charge is 2.13. The van der Waals surface area contributed by atoms with E-state index < -0.39 is 0 Å². The molecule has 3 aromatic heterocycles. The lowest BCUT2D eigenvalue weighted by atomic mass is 10.0. The fraction of sp³-hybridized carbons (Fsp3) is 0. The average molecular weight is 389 g/mol. The molecule has 0 fully saturated rings. The van der Waals surface area contributed by atoms with Gasteiger partial charge in [0.15, 0.2) is 0 Å². The number of hydrogen-bond acceptors (Lipinski definition) is 2. The van der Waals surface area contributed by atoms with Crippen LogP contribution < -0.4 is 0 Å². The highest BCUT2D eigenvalue weighted by Crippen LogP contribution is 2.33. The molecule has 0 atom stereocenters. The Balaban J connectivity index is 1.66. The van der Waals surface area contributed by atoms with Crippen molar-refractivity contribution in [1.82, 2.24) is 19.6 Å². The van der Waals surface area contributed by atoms with E-state index in [1.165, 1.54) is 12.1 Å². The summed E-state index contributed by atoms with van der Waals surface area (Å²) in [7, 11) is 0. The van der Waals surface area contributed by atoms with Crippen molar-refractivity contribution in [2.45, 2.75) is 0 Å². The number of aromatic nitrogens is 4. The summed E-state index contributed by atoms with van der Waals surface area (Å²) in [5, 5.41) is 7.89. The van der Waals surface area contributed by atoms with E-state index in [9.17, 15) is 4.39 Å². The highest BCUT2D eigenvalue weighted by molar-refractivity contribution is 6.33. The molecular formula is C22H14ClFN4. The van der Waals surface area contributed by atoms with Crippen molar-refractivity contribution in [2.75, 3.05) is 0 Å². The Labute approximate surface area is 165 Å². The maximum absolute atomic E-state index is 13.3. The van der Waals surface area contributed by atoms with E-state index in [1.807, 2.05) is 53.2 Å². The number of hydrogen-bond donors (Lipinski definition) is 1. The van der Waals surface area contributed by atoms with Gasteiger partial charge in [0.1, 0.15) is 11.5 Å². The Morgan fingerprint density at radius 1 is 0.857 bits per heavy atom. The number of halogens is 2. The Bertz CT molecular complexity index is 1290. The van der Waals surface area contributed by atoms with Crippen LogP contribution in [0.1, 0.15) is 0 Å². The SMILES string of the molecule is Fc1ccc(-c2[nH]ncc2-c2ccc3ncc(-c4ccccc4Cl)n3c2)cc1. The standard InChI is InChI=1S/C22H14ClFN4/c23-19-4-2-1-3-17(19)20-12-25-21-10-7-15(13-28(20)21)18-11-26-27-22(18)14-5-8-16(24)9-6-14/h1-13H,(H,26,27). The van der Waals surface area contributed by atoms with Crippen molar-refractivity contribution in [3.05, 3.63) is 90.1 Å². The van der Waals surface area contributed by atoms with Gasteiger partial charge in [0.2, 0.25) is 0 Å². The maximum Gasteiger partial charge on any atom is 0.137 e. The zero-order chi connectivity index (χ0) is 19.1. The normalized spacial score (nSPS) is 11.2. The molecule has 1 N–H and O–H groups in total. The number of pyridine rings is 1. The Hall–Kier alpha value is -3.44. The molecule has 6 heteroatoms. The minimum Gasteiger partial charge on any atom is -0.299 e. The third-order valence-corrected chi connectivity index (χ3v) is 5.07. The van der Waals surface area contributed by atoms with Crippen molar-refractivity contribution in [3.8, 4) is 33.6 Å². The van der Waals surface area contributed by atoms with Gasteiger partial charge in [0, 0.05) is 33.5 Å². The summed E-state index contributed by atoms with van der Waals surface area (Å²) in [5.74, 6) is -0.269. The van der Waals surface area contributed by atoms with Crippen LogP contribution in [0, 0.1) is 5.82 Å². The van der Waals surface area contributed by atoms with Gasteiger partial charge in [-0.2, -0.15) is 5.10 Å². The number of fused-ring (bicyclic) bond motifs is 1. The minimum atomic E-state index is -0.269.